The molecule has 0 spiro atoms. The summed E-state index contributed by atoms with van der Waals surface area (Å²) in [6, 6.07) is 13.6. The number of methoxy groups -OCH3 is 1. The minimum atomic E-state index is 0.634. The maximum Gasteiger partial charge on any atom is 0.128 e. The summed E-state index contributed by atoms with van der Waals surface area (Å²) in [6.07, 6.45) is 2.02. The van der Waals surface area contributed by atoms with E-state index >= 15 is 0 Å². The van der Waals surface area contributed by atoms with Gasteiger partial charge in [-0.15, -0.1) is 0 Å². The number of rotatable bonds is 3. The van der Waals surface area contributed by atoms with Gasteiger partial charge in [-0.2, -0.15) is 0 Å². The first-order valence-electron chi connectivity index (χ1n) is 6.25. The Labute approximate surface area is 127 Å². The van der Waals surface area contributed by atoms with Crippen LogP contribution in [0.3, 0.4) is 0 Å². The van der Waals surface area contributed by atoms with Crippen molar-refractivity contribution < 1.29 is 4.74 Å². The van der Waals surface area contributed by atoms with Crippen molar-refractivity contribution in [2.24, 2.45) is 0 Å². The van der Waals surface area contributed by atoms with Crippen molar-refractivity contribution in [3.05, 3.63) is 64.3 Å². The fourth-order valence-electron chi connectivity index (χ4n) is 2.36. The van der Waals surface area contributed by atoms with Gasteiger partial charge in [0.2, 0.25) is 0 Å². The van der Waals surface area contributed by atoms with E-state index in [0.29, 0.717) is 16.6 Å². The van der Waals surface area contributed by atoms with Crippen LogP contribution in [0.1, 0.15) is 5.56 Å². The van der Waals surface area contributed by atoms with Crippen LogP contribution in [0.15, 0.2) is 48.7 Å². The van der Waals surface area contributed by atoms with Crippen molar-refractivity contribution in [3.63, 3.8) is 0 Å². The number of fused-ring (bicyclic) bond motifs is 1. The zero-order valence-electron chi connectivity index (χ0n) is 10.9. The molecule has 4 heteroatoms. The maximum absolute atomic E-state index is 6.23. The molecule has 20 heavy (non-hydrogen) atoms. The van der Waals surface area contributed by atoms with E-state index in [1.807, 2.05) is 42.6 Å². The molecule has 1 heterocycles. The lowest BCUT2D eigenvalue weighted by Crippen LogP contribution is -1.99. The van der Waals surface area contributed by atoms with Crippen molar-refractivity contribution in [2.45, 2.75) is 6.54 Å². The molecule has 3 rings (SSSR count). The zero-order valence-corrected chi connectivity index (χ0v) is 12.4. The third kappa shape index (κ3) is 2.26. The molecule has 2 nitrogen and oxygen atoms in total. The van der Waals surface area contributed by atoms with Crippen LogP contribution in [0.5, 0.6) is 5.75 Å². The molecule has 2 aromatic carbocycles. The van der Waals surface area contributed by atoms with Crippen LogP contribution in [-0.2, 0) is 6.54 Å². The first-order chi connectivity index (χ1) is 9.70. The van der Waals surface area contributed by atoms with E-state index in [1.165, 1.54) is 0 Å². The molecule has 0 aliphatic heterocycles. The van der Waals surface area contributed by atoms with Gasteiger partial charge in [0, 0.05) is 27.2 Å². The van der Waals surface area contributed by atoms with Gasteiger partial charge in [0.1, 0.15) is 5.75 Å². The molecular weight excluding hydrogens is 293 g/mol. The topological polar surface area (TPSA) is 14.2 Å². The first-order valence-corrected chi connectivity index (χ1v) is 7.01. The number of benzene rings is 2. The predicted molar refractivity (Wildman–Crippen MR) is 84.1 cm³/mol. The van der Waals surface area contributed by atoms with E-state index in [4.69, 9.17) is 27.9 Å². The van der Waals surface area contributed by atoms with Crippen LogP contribution >= 0.6 is 23.2 Å². The van der Waals surface area contributed by atoms with E-state index < -0.39 is 0 Å². The Morgan fingerprint density at radius 2 is 1.70 bits per heavy atom. The quantitative estimate of drug-likeness (QED) is 0.664. The largest absolute Gasteiger partial charge is 0.496 e. The lowest BCUT2D eigenvalue weighted by molar-refractivity contribution is 0.420. The van der Waals surface area contributed by atoms with Crippen LogP contribution in [0.2, 0.25) is 10.0 Å². The van der Waals surface area contributed by atoms with E-state index in [-0.39, 0.29) is 0 Å². The normalized spacial score (nSPS) is 10.9. The van der Waals surface area contributed by atoms with Crippen LogP contribution in [-0.4, -0.2) is 11.7 Å². The number of aromatic nitrogens is 1. The van der Waals surface area contributed by atoms with Gasteiger partial charge in [-0.25, -0.2) is 0 Å². The average Bonchev–Trinajstić information content (AvgIpc) is 2.86. The summed E-state index contributed by atoms with van der Waals surface area (Å²) in [5, 5.41) is 2.45. The number of halogens is 2. The molecule has 0 fully saturated rings. The van der Waals surface area contributed by atoms with E-state index in [9.17, 15) is 0 Å². The summed E-state index contributed by atoms with van der Waals surface area (Å²) < 4.78 is 7.49. The highest BCUT2D eigenvalue weighted by atomic mass is 35.5. The second-order valence-electron chi connectivity index (χ2n) is 4.54. The van der Waals surface area contributed by atoms with Crippen molar-refractivity contribution >= 4 is 34.1 Å². The molecule has 1 aromatic heterocycles. The van der Waals surface area contributed by atoms with Gasteiger partial charge in [-0.3, -0.25) is 0 Å². The van der Waals surface area contributed by atoms with E-state index in [1.54, 1.807) is 7.11 Å². The second kappa shape index (κ2) is 5.39. The van der Waals surface area contributed by atoms with Crippen molar-refractivity contribution in [1.29, 1.82) is 0 Å². The maximum atomic E-state index is 6.23. The molecule has 0 aliphatic carbocycles. The van der Waals surface area contributed by atoms with Crippen LogP contribution in [0.25, 0.3) is 10.9 Å². The zero-order chi connectivity index (χ0) is 14.1. The van der Waals surface area contributed by atoms with E-state index in [2.05, 4.69) is 10.6 Å². The predicted octanol–water partition coefficient (Wildman–Crippen LogP) is 5.01. The molecule has 0 saturated heterocycles. The standard InChI is InChI=1S/C16H13Cl2NO/c1-20-16-7-3-6-15-11(16)8-9-19(15)10-12-13(17)4-2-5-14(12)18/h2-9H,10H2,1H3. The molecule has 0 N–H and O–H groups in total. The minimum absolute atomic E-state index is 0.634. The Hall–Kier alpha value is -1.64. The number of nitrogens with zero attached hydrogens (tertiary/aromatic N) is 1. The van der Waals surface area contributed by atoms with E-state index in [0.717, 1.165) is 22.2 Å². The van der Waals surface area contributed by atoms with Crippen LogP contribution < -0.4 is 4.74 Å². The SMILES string of the molecule is COc1cccc2c1ccn2Cc1c(Cl)cccc1Cl. The second-order valence-corrected chi connectivity index (χ2v) is 5.35. The molecular formula is C16H13Cl2NO. The van der Waals surface area contributed by atoms with Gasteiger partial charge in [0.25, 0.3) is 0 Å². The first kappa shape index (κ1) is 13.3. The molecule has 0 amide bonds. The third-order valence-electron chi connectivity index (χ3n) is 3.38. The minimum Gasteiger partial charge on any atom is -0.496 e. The molecule has 3 aromatic rings. The smallest absolute Gasteiger partial charge is 0.128 e. The van der Waals surface area contributed by atoms with Crippen molar-refractivity contribution in [1.82, 2.24) is 4.57 Å². The van der Waals surface area contributed by atoms with Gasteiger partial charge in [0.15, 0.2) is 0 Å². The summed E-state index contributed by atoms with van der Waals surface area (Å²) in [5.41, 5.74) is 2.02. The lowest BCUT2D eigenvalue weighted by Gasteiger charge is -2.10. The highest BCUT2D eigenvalue weighted by Gasteiger charge is 2.10. The Balaban J connectivity index is 2.08. The summed E-state index contributed by atoms with van der Waals surface area (Å²) in [5.74, 6) is 0.867. The molecule has 102 valence electrons. The molecule has 0 saturated carbocycles. The summed E-state index contributed by atoms with van der Waals surface area (Å²) in [7, 11) is 1.68. The van der Waals surface area contributed by atoms with Gasteiger partial charge >= 0.3 is 0 Å². The fraction of sp³-hybridized carbons (Fsp3) is 0.125. The molecule has 0 unspecified atom stereocenters. The molecule has 0 aliphatic rings. The van der Waals surface area contributed by atoms with Gasteiger partial charge in [-0.1, -0.05) is 35.3 Å². The number of ether oxygens (including phenoxy) is 1. The Kier molecular flexibility index (Phi) is 3.60. The van der Waals surface area contributed by atoms with Crippen LogP contribution in [0, 0.1) is 0 Å². The summed E-state index contributed by atoms with van der Waals surface area (Å²) >= 11 is 12.5. The highest BCUT2D eigenvalue weighted by Crippen LogP contribution is 2.29. The molecule has 0 bridgehead atoms. The van der Waals surface area contributed by atoms with Crippen LogP contribution in [0.4, 0.5) is 0 Å². The summed E-state index contributed by atoms with van der Waals surface area (Å²) in [4.78, 5) is 0. The summed E-state index contributed by atoms with van der Waals surface area (Å²) in [6.45, 7) is 0.634. The molecule has 0 radical (unpaired) electrons. The fourth-order valence-corrected chi connectivity index (χ4v) is 2.88. The highest BCUT2D eigenvalue weighted by molar-refractivity contribution is 6.36. The number of hydrogen-bond acceptors (Lipinski definition) is 1. The van der Waals surface area contributed by atoms with Gasteiger partial charge in [-0.05, 0) is 30.3 Å². The van der Waals surface area contributed by atoms with Gasteiger partial charge < -0.3 is 9.30 Å². The Morgan fingerprint density at radius 1 is 1.00 bits per heavy atom. The third-order valence-corrected chi connectivity index (χ3v) is 4.09. The van der Waals surface area contributed by atoms with Crippen molar-refractivity contribution in [3.8, 4) is 5.75 Å². The Bertz CT molecular complexity index is 744. The Morgan fingerprint density at radius 3 is 2.40 bits per heavy atom. The monoisotopic (exact) mass is 305 g/mol. The van der Waals surface area contributed by atoms with Gasteiger partial charge in [0.05, 0.1) is 19.2 Å². The lowest BCUT2D eigenvalue weighted by atomic mass is 10.2. The van der Waals surface area contributed by atoms with Crippen molar-refractivity contribution in [2.75, 3.05) is 7.11 Å². The molecule has 0 atom stereocenters. The number of hydrogen-bond donors (Lipinski definition) is 0. The average molecular weight is 306 g/mol.